The number of anilines is 1. The van der Waals surface area contributed by atoms with Crippen LogP contribution in [0.2, 0.25) is 0 Å². The predicted octanol–water partition coefficient (Wildman–Crippen LogP) is 1.68. The van der Waals surface area contributed by atoms with Gasteiger partial charge in [0.1, 0.15) is 0 Å². The molecule has 8 nitrogen and oxygen atoms in total. The van der Waals surface area contributed by atoms with Crippen LogP contribution in [0.15, 0.2) is 24.3 Å². The molecule has 8 heteroatoms. The minimum absolute atomic E-state index is 0.0117. The van der Waals surface area contributed by atoms with Gasteiger partial charge in [-0.05, 0) is 30.9 Å². The average molecular weight is 375 g/mol. The van der Waals surface area contributed by atoms with Crippen molar-refractivity contribution >= 4 is 29.5 Å². The van der Waals surface area contributed by atoms with Crippen molar-refractivity contribution in [3.05, 3.63) is 29.8 Å². The fourth-order valence-electron chi connectivity index (χ4n) is 3.02. The molecule has 3 atom stereocenters. The first kappa shape index (κ1) is 20.4. The fraction of sp³-hybridized carbons (Fsp3) is 0.474. The van der Waals surface area contributed by atoms with Crippen LogP contribution >= 0.6 is 0 Å². The number of carbonyl (C=O) groups excluding carboxylic acids is 4. The molecule has 0 spiro atoms. The van der Waals surface area contributed by atoms with E-state index in [1.165, 1.54) is 6.92 Å². The summed E-state index contributed by atoms with van der Waals surface area (Å²) in [5.74, 6) is -2.02. The molecule has 27 heavy (non-hydrogen) atoms. The van der Waals surface area contributed by atoms with Gasteiger partial charge in [-0.25, -0.2) is 4.79 Å². The average Bonchev–Trinajstić information content (AvgIpc) is 3.02. The molecular weight excluding hydrogens is 350 g/mol. The number of imide groups is 1. The first-order valence-corrected chi connectivity index (χ1v) is 8.94. The number of benzene rings is 1. The van der Waals surface area contributed by atoms with E-state index in [1.807, 2.05) is 29.6 Å². The van der Waals surface area contributed by atoms with E-state index in [-0.39, 0.29) is 24.8 Å². The molecule has 0 unspecified atom stereocenters. The summed E-state index contributed by atoms with van der Waals surface area (Å²) in [4.78, 5) is 48.8. The lowest BCUT2D eigenvalue weighted by atomic mass is 9.96. The van der Waals surface area contributed by atoms with Crippen LogP contribution in [-0.2, 0) is 19.1 Å². The molecule has 0 radical (unpaired) electrons. The molecule has 1 aromatic rings. The van der Waals surface area contributed by atoms with Gasteiger partial charge in [0.2, 0.25) is 5.91 Å². The monoisotopic (exact) mass is 375 g/mol. The van der Waals surface area contributed by atoms with Crippen LogP contribution in [0.4, 0.5) is 10.5 Å². The zero-order chi connectivity index (χ0) is 20.1. The number of nitrogens with zero attached hydrogens (tertiary/aromatic N) is 1. The lowest BCUT2D eigenvalue weighted by Gasteiger charge is -2.23. The maximum Gasteiger partial charge on any atom is 0.318 e. The second-order valence-corrected chi connectivity index (χ2v) is 6.71. The van der Waals surface area contributed by atoms with Crippen LogP contribution in [0.5, 0.6) is 0 Å². The van der Waals surface area contributed by atoms with Crippen LogP contribution in [0, 0.1) is 5.92 Å². The first-order valence-electron chi connectivity index (χ1n) is 8.94. The summed E-state index contributed by atoms with van der Waals surface area (Å²) in [7, 11) is 0. The molecule has 0 aromatic heterocycles. The molecule has 146 valence electrons. The molecule has 1 aliphatic rings. The van der Waals surface area contributed by atoms with Crippen molar-refractivity contribution in [3.63, 3.8) is 0 Å². The number of carbonyl (C=O) groups is 4. The number of rotatable bonds is 6. The molecule has 2 rings (SSSR count). The first-order chi connectivity index (χ1) is 12.7. The van der Waals surface area contributed by atoms with Gasteiger partial charge in [0.15, 0.2) is 6.10 Å². The molecule has 1 saturated heterocycles. The van der Waals surface area contributed by atoms with Crippen molar-refractivity contribution < 1.29 is 23.9 Å². The summed E-state index contributed by atoms with van der Waals surface area (Å²) >= 11 is 0. The molecule has 4 amide bonds. The van der Waals surface area contributed by atoms with Gasteiger partial charge in [0.25, 0.3) is 5.91 Å². The van der Waals surface area contributed by atoms with Crippen molar-refractivity contribution in [3.8, 4) is 0 Å². The van der Waals surface area contributed by atoms with E-state index in [0.29, 0.717) is 0 Å². The van der Waals surface area contributed by atoms with Gasteiger partial charge in [-0.15, -0.1) is 0 Å². The zero-order valence-electron chi connectivity index (χ0n) is 15.7. The highest BCUT2D eigenvalue weighted by Gasteiger charge is 2.38. The molecule has 0 aliphatic carbocycles. The van der Waals surface area contributed by atoms with Crippen LogP contribution in [-0.4, -0.2) is 36.5 Å². The molecule has 0 saturated carbocycles. The minimum Gasteiger partial charge on any atom is -0.452 e. The Morgan fingerprint density at radius 1 is 1.30 bits per heavy atom. The van der Waals surface area contributed by atoms with Gasteiger partial charge < -0.3 is 15.4 Å². The van der Waals surface area contributed by atoms with Crippen LogP contribution in [0.1, 0.15) is 45.1 Å². The van der Waals surface area contributed by atoms with Crippen molar-refractivity contribution in [1.82, 2.24) is 5.32 Å². The second kappa shape index (κ2) is 8.66. The van der Waals surface area contributed by atoms with Crippen molar-refractivity contribution in [2.24, 2.45) is 11.7 Å². The Hall–Kier alpha value is -2.90. The Bertz CT molecular complexity index is 749. The van der Waals surface area contributed by atoms with E-state index in [2.05, 4.69) is 13.8 Å². The zero-order valence-corrected chi connectivity index (χ0v) is 15.7. The van der Waals surface area contributed by atoms with E-state index in [0.717, 1.165) is 17.7 Å². The topological polar surface area (TPSA) is 119 Å². The van der Waals surface area contributed by atoms with E-state index >= 15 is 0 Å². The summed E-state index contributed by atoms with van der Waals surface area (Å²) in [6, 6.07) is 6.62. The number of hydrogen-bond donors (Lipinski definition) is 2. The van der Waals surface area contributed by atoms with E-state index < -0.39 is 29.9 Å². The number of nitrogens with two attached hydrogens (primary N) is 1. The molecule has 1 fully saturated rings. The number of ether oxygens (including phenoxy) is 1. The van der Waals surface area contributed by atoms with E-state index in [9.17, 15) is 19.2 Å². The summed E-state index contributed by atoms with van der Waals surface area (Å²) in [5, 5.41) is 1.85. The normalized spacial score (nSPS) is 18.7. The highest BCUT2D eigenvalue weighted by Crippen LogP contribution is 2.33. The standard InChI is InChI=1S/C19H25N3O5/c1-4-11(2)14-7-5-6-8-15(14)22-10-13(9-16(22)23)18(25)27-12(3)17(24)21-19(20)26/h5-8,11-13H,4,9-10H2,1-3H3,(H3,20,21,24,26)/t11-,12-,13-/m0/s1. The van der Waals surface area contributed by atoms with Gasteiger partial charge in [0, 0.05) is 18.7 Å². The Balaban J connectivity index is 2.08. The molecule has 1 heterocycles. The Morgan fingerprint density at radius 3 is 2.59 bits per heavy atom. The van der Waals surface area contributed by atoms with Crippen molar-refractivity contribution in [1.29, 1.82) is 0 Å². The van der Waals surface area contributed by atoms with Crippen molar-refractivity contribution in [2.75, 3.05) is 11.4 Å². The SMILES string of the molecule is CC[C@H](C)c1ccccc1N1C[C@@H](C(=O)O[C@@H](C)C(=O)NC(N)=O)CC1=O. The molecule has 1 aliphatic heterocycles. The Labute approximate surface area is 158 Å². The summed E-state index contributed by atoms with van der Waals surface area (Å²) < 4.78 is 5.09. The van der Waals surface area contributed by atoms with Crippen molar-refractivity contribution in [2.45, 2.75) is 45.6 Å². The lowest BCUT2D eigenvalue weighted by molar-refractivity contribution is -0.158. The Kier molecular flexibility index (Phi) is 6.55. The highest BCUT2D eigenvalue weighted by molar-refractivity contribution is 6.01. The highest BCUT2D eigenvalue weighted by atomic mass is 16.5. The van der Waals surface area contributed by atoms with Crippen LogP contribution < -0.4 is 16.0 Å². The lowest BCUT2D eigenvalue weighted by Crippen LogP contribution is -2.42. The second-order valence-electron chi connectivity index (χ2n) is 6.71. The van der Waals surface area contributed by atoms with E-state index in [4.69, 9.17) is 10.5 Å². The molecule has 1 aromatic carbocycles. The largest absolute Gasteiger partial charge is 0.452 e. The van der Waals surface area contributed by atoms with E-state index in [1.54, 1.807) is 4.90 Å². The number of amides is 4. The van der Waals surface area contributed by atoms with Crippen LogP contribution in [0.25, 0.3) is 0 Å². The van der Waals surface area contributed by atoms with Gasteiger partial charge >= 0.3 is 12.0 Å². The minimum atomic E-state index is -1.18. The molecule has 3 N–H and O–H groups in total. The smallest absolute Gasteiger partial charge is 0.318 e. The maximum atomic E-state index is 12.5. The maximum absolute atomic E-state index is 12.5. The van der Waals surface area contributed by atoms with Gasteiger partial charge in [0.05, 0.1) is 5.92 Å². The predicted molar refractivity (Wildman–Crippen MR) is 98.9 cm³/mol. The van der Waals surface area contributed by atoms with Gasteiger partial charge in [-0.3, -0.25) is 19.7 Å². The van der Waals surface area contributed by atoms with Crippen LogP contribution in [0.3, 0.4) is 0 Å². The third kappa shape index (κ3) is 4.84. The fourth-order valence-corrected chi connectivity index (χ4v) is 3.02. The number of hydrogen-bond acceptors (Lipinski definition) is 5. The summed E-state index contributed by atoms with van der Waals surface area (Å²) in [5.41, 5.74) is 6.72. The number of nitrogens with one attached hydrogen (secondary N) is 1. The number of para-hydroxylation sites is 1. The quantitative estimate of drug-likeness (QED) is 0.733. The third-order valence-electron chi connectivity index (χ3n) is 4.74. The van der Waals surface area contributed by atoms with Gasteiger partial charge in [-0.2, -0.15) is 0 Å². The number of esters is 1. The summed E-state index contributed by atoms with van der Waals surface area (Å²) in [6.45, 7) is 5.69. The molecule has 0 bridgehead atoms. The Morgan fingerprint density at radius 2 is 1.96 bits per heavy atom. The summed E-state index contributed by atoms with van der Waals surface area (Å²) in [6.07, 6.45) is -0.240. The third-order valence-corrected chi connectivity index (χ3v) is 4.74. The number of primary amides is 1. The van der Waals surface area contributed by atoms with Gasteiger partial charge in [-0.1, -0.05) is 32.0 Å². The number of urea groups is 1. The molecular formula is C19H25N3O5.